The van der Waals surface area contributed by atoms with Gasteiger partial charge in [0.05, 0.1) is 0 Å². The molecule has 0 aromatic rings. The lowest BCUT2D eigenvalue weighted by molar-refractivity contribution is -0.117. The van der Waals surface area contributed by atoms with Crippen LogP contribution in [0.15, 0.2) is 12.7 Å². The van der Waals surface area contributed by atoms with Crippen molar-refractivity contribution in [1.82, 2.24) is 10.2 Å². The molecule has 4 heteroatoms. The molecule has 0 spiro atoms. The van der Waals surface area contributed by atoms with Crippen LogP contribution in [0.25, 0.3) is 0 Å². The lowest BCUT2D eigenvalue weighted by Gasteiger charge is -2.42. The Morgan fingerprint density at radius 2 is 2.13 bits per heavy atom. The maximum absolute atomic E-state index is 11.1. The van der Waals surface area contributed by atoms with Crippen LogP contribution in [0.5, 0.6) is 0 Å². The van der Waals surface area contributed by atoms with Crippen LogP contribution in [0.3, 0.4) is 0 Å². The maximum atomic E-state index is 11.1. The van der Waals surface area contributed by atoms with E-state index in [1.165, 1.54) is 6.08 Å². The van der Waals surface area contributed by atoms with Crippen molar-refractivity contribution in [1.29, 1.82) is 0 Å². The lowest BCUT2D eigenvalue weighted by Crippen LogP contribution is -2.55. The van der Waals surface area contributed by atoms with Crippen LogP contribution in [0.1, 0.15) is 12.8 Å². The largest absolute Gasteiger partial charge is 0.381 e. The average molecular weight is 212 g/mol. The summed E-state index contributed by atoms with van der Waals surface area (Å²) in [4.78, 5) is 13.3. The van der Waals surface area contributed by atoms with Gasteiger partial charge >= 0.3 is 0 Å². The molecule has 1 aliphatic rings. The minimum Gasteiger partial charge on any atom is -0.381 e. The number of likely N-dealkylation sites (N-methyl/N-ethyl adjacent to an activating group) is 1. The molecule has 0 aromatic carbocycles. The second kappa shape index (κ2) is 5.28. The summed E-state index contributed by atoms with van der Waals surface area (Å²) in [5, 5.41) is 2.87. The Morgan fingerprint density at radius 1 is 1.53 bits per heavy atom. The van der Waals surface area contributed by atoms with Gasteiger partial charge in [-0.1, -0.05) is 6.58 Å². The highest BCUT2D eigenvalue weighted by molar-refractivity contribution is 5.86. The topological polar surface area (TPSA) is 41.6 Å². The van der Waals surface area contributed by atoms with Crippen molar-refractivity contribution >= 4 is 5.91 Å². The summed E-state index contributed by atoms with van der Waals surface area (Å²) < 4.78 is 5.35. The number of hydrogen-bond acceptors (Lipinski definition) is 3. The van der Waals surface area contributed by atoms with Gasteiger partial charge in [0.1, 0.15) is 0 Å². The predicted molar refractivity (Wildman–Crippen MR) is 59.7 cm³/mol. The van der Waals surface area contributed by atoms with Gasteiger partial charge in [0, 0.05) is 25.3 Å². The van der Waals surface area contributed by atoms with Crippen molar-refractivity contribution in [3.63, 3.8) is 0 Å². The minimum absolute atomic E-state index is 0.0386. The van der Waals surface area contributed by atoms with Crippen LogP contribution in [-0.2, 0) is 9.53 Å². The molecule has 1 heterocycles. The molecular weight excluding hydrogens is 192 g/mol. The summed E-state index contributed by atoms with van der Waals surface area (Å²) in [6.45, 7) is 5.63. The third-order valence-corrected chi connectivity index (χ3v) is 3.15. The van der Waals surface area contributed by atoms with E-state index in [2.05, 4.69) is 16.8 Å². The lowest BCUT2D eigenvalue weighted by atomic mass is 9.88. The molecule has 1 fully saturated rings. The normalized spacial score (nSPS) is 19.9. The molecule has 0 saturated carbocycles. The molecule has 0 aromatic heterocycles. The first kappa shape index (κ1) is 12.2. The number of carbonyl (C=O) groups excluding carboxylic acids is 1. The monoisotopic (exact) mass is 212 g/mol. The van der Waals surface area contributed by atoms with Gasteiger partial charge in [-0.15, -0.1) is 0 Å². The van der Waals surface area contributed by atoms with E-state index in [1.807, 2.05) is 14.1 Å². The van der Waals surface area contributed by atoms with Crippen LogP contribution in [-0.4, -0.2) is 50.2 Å². The fraction of sp³-hybridized carbons (Fsp3) is 0.727. The van der Waals surface area contributed by atoms with Crippen molar-refractivity contribution in [2.45, 2.75) is 18.4 Å². The number of hydrogen-bond donors (Lipinski definition) is 1. The Morgan fingerprint density at radius 3 is 2.60 bits per heavy atom. The smallest absolute Gasteiger partial charge is 0.243 e. The second-order valence-electron chi connectivity index (χ2n) is 4.15. The standard InChI is InChI=1S/C11H20N2O2/c1-4-10(14)12-9-11(13(2)3)5-7-15-8-6-11/h4H,1,5-9H2,2-3H3,(H,12,14). The van der Waals surface area contributed by atoms with Crippen molar-refractivity contribution in [2.24, 2.45) is 0 Å². The summed E-state index contributed by atoms with van der Waals surface area (Å²) in [5.41, 5.74) is 0.0386. The van der Waals surface area contributed by atoms with E-state index in [0.29, 0.717) is 6.54 Å². The zero-order chi connectivity index (χ0) is 11.3. The number of rotatable bonds is 4. The van der Waals surface area contributed by atoms with Gasteiger partial charge in [0.2, 0.25) is 5.91 Å². The Bertz CT molecular complexity index is 233. The summed E-state index contributed by atoms with van der Waals surface area (Å²) in [5.74, 6) is -0.109. The molecule has 1 rings (SSSR count). The molecule has 15 heavy (non-hydrogen) atoms. The summed E-state index contributed by atoms with van der Waals surface area (Å²) in [6.07, 6.45) is 3.22. The number of amides is 1. The summed E-state index contributed by atoms with van der Waals surface area (Å²) >= 11 is 0. The minimum atomic E-state index is -0.109. The molecule has 1 saturated heterocycles. The van der Waals surface area contributed by atoms with E-state index in [4.69, 9.17) is 4.74 Å². The van der Waals surface area contributed by atoms with Gasteiger partial charge in [-0.05, 0) is 33.0 Å². The van der Waals surface area contributed by atoms with E-state index in [0.717, 1.165) is 26.1 Å². The highest BCUT2D eigenvalue weighted by Crippen LogP contribution is 2.24. The number of nitrogens with zero attached hydrogens (tertiary/aromatic N) is 1. The SMILES string of the molecule is C=CC(=O)NCC1(N(C)C)CCOCC1. The predicted octanol–water partition coefficient (Wildman–Crippen LogP) is 0.399. The molecule has 0 aliphatic carbocycles. The Hall–Kier alpha value is -0.870. The van der Waals surface area contributed by atoms with Gasteiger partial charge < -0.3 is 15.0 Å². The first-order valence-corrected chi connectivity index (χ1v) is 5.26. The molecule has 0 bridgehead atoms. The van der Waals surface area contributed by atoms with E-state index >= 15 is 0 Å². The van der Waals surface area contributed by atoms with Gasteiger partial charge in [-0.3, -0.25) is 4.79 Å². The van der Waals surface area contributed by atoms with Crippen LogP contribution in [0.4, 0.5) is 0 Å². The first-order valence-electron chi connectivity index (χ1n) is 5.26. The van der Waals surface area contributed by atoms with Gasteiger partial charge in [0.15, 0.2) is 0 Å². The fourth-order valence-electron chi connectivity index (χ4n) is 1.86. The summed E-state index contributed by atoms with van der Waals surface area (Å²) in [7, 11) is 4.09. The van der Waals surface area contributed by atoms with Crippen LogP contribution in [0, 0.1) is 0 Å². The zero-order valence-corrected chi connectivity index (χ0v) is 9.58. The molecular formula is C11H20N2O2. The molecule has 0 unspecified atom stereocenters. The van der Waals surface area contributed by atoms with E-state index in [-0.39, 0.29) is 11.4 Å². The highest BCUT2D eigenvalue weighted by Gasteiger charge is 2.34. The van der Waals surface area contributed by atoms with Crippen LogP contribution < -0.4 is 5.32 Å². The third-order valence-electron chi connectivity index (χ3n) is 3.15. The maximum Gasteiger partial charge on any atom is 0.243 e. The molecule has 1 amide bonds. The average Bonchev–Trinajstić information content (AvgIpc) is 2.27. The van der Waals surface area contributed by atoms with Gasteiger partial charge in [-0.2, -0.15) is 0 Å². The number of carbonyl (C=O) groups is 1. The molecule has 4 nitrogen and oxygen atoms in total. The van der Waals surface area contributed by atoms with Gasteiger partial charge in [-0.25, -0.2) is 0 Å². The third kappa shape index (κ3) is 3.04. The Kier molecular flexibility index (Phi) is 4.29. The molecule has 1 N–H and O–H groups in total. The van der Waals surface area contributed by atoms with E-state index < -0.39 is 0 Å². The zero-order valence-electron chi connectivity index (χ0n) is 9.58. The second-order valence-corrected chi connectivity index (χ2v) is 4.15. The van der Waals surface area contributed by atoms with Crippen molar-refractivity contribution < 1.29 is 9.53 Å². The van der Waals surface area contributed by atoms with E-state index in [9.17, 15) is 4.79 Å². The van der Waals surface area contributed by atoms with Crippen molar-refractivity contribution in [3.8, 4) is 0 Å². The van der Waals surface area contributed by atoms with Crippen LogP contribution >= 0.6 is 0 Å². The first-order chi connectivity index (χ1) is 7.10. The van der Waals surface area contributed by atoms with Crippen molar-refractivity contribution in [2.75, 3.05) is 33.9 Å². The van der Waals surface area contributed by atoms with Crippen LogP contribution in [0.2, 0.25) is 0 Å². The Balaban J connectivity index is 2.56. The van der Waals surface area contributed by atoms with Crippen molar-refractivity contribution in [3.05, 3.63) is 12.7 Å². The molecule has 0 radical (unpaired) electrons. The molecule has 0 atom stereocenters. The Labute approximate surface area is 91.3 Å². The number of ether oxygens (including phenoxy) is 1. The summed E-state index contributed by atoms with van der Waals surface area (Å²) in [6, 6.07) is 0. The van der Waals surface area contributed by atoms with Gasteiger partial charge in [0.25, 0.3) is 0 Å². The van der Waals surface area contributed by atoms with E-state index in [1.54, 1.807) is 0 Å². The quantitative estimate of drug-likeness (QED) is 0.686. The molecule has 86 valence electrons. The fourth-order valence-corrected chi connectivity index (χ4v) is 1.86. The number of nitrogens with one attached hydrogen (secondary N) is 1. The highest BCUT2D eigenvalue weighted by atomic mass is 16.5. The molecule has 1 aliphatic heterocycles.